The van der Waals surface area contributed by atoms with E-state index in [2.05, 4.69) is 15.4 Å². The quantitative estimate of drug-likeness (QED) is 0.781. The molecular weight excluding hydrogens is 332 g/mol. The number of amides is 1. The van der Waals surface area contributed by atoms with Gasteiger partial charge in [0.05, 0.1) is 18.3 Å². The van der Waals surface area contributed by atoms with Crippen LogP contribution in [0.2, 0.25) is 0 Å². The van der Waals surface area contributed by atoms with Crippen molar-refractivity contribution < 1.29 is 14.3 Å². The lowest BCUT2D eigenvalue weighted by Crippen LogP contribution is -2.40. The van der Waals surface area contributed by atoms with Gasteiger partial charge in [0.1, 0.15) is 12.7 Å². The average molecular weight is 352 g/mol. The van der Waals surface area contributed by atoms with Crippen LogP contribution < -0.4 is 14.8 Å². The Bertz CT molecular complexity index is 951. The molecule has 0 saturated heterocycles. The van der Waals surface area contributed by atoms with E-state index >= 15 is 0 Å². The summed E-state index contributed by atoms with van der Waals surface area (Å²) in [5, 5.41) is 8.05. The van der Waals surface area contributed by atoms with Crippen LogP contribution in [0.25, 0.3) is 11.0 Å². The third kappa shape index (κ3) is 3.08. The second kappa shape index (κ2) is 6.67. The third-order valence-corrected chi connectivity index (χ3v) is 4.24. The van der Waals surface area contributed by atoms with Gasteiger partial charge in [-0.05, 0) is 32.0 Å². The molecule has 2 aromatic heterocycles. The van der Waals surface area contributed by atoms with Crippen molar-refractivity contribution in [2.24, 2.45) is 0 Å². The zero-order valence-electron chi connectivity index (χ0n) is 14.7. The molecule has 0 fully saturated rings. The Morgan fingerprint density at radius 3 is 2.92 bits per heavy atom. The fourth-order valence-corrected chi connectivity index (χ4v) is 2.91. The molecule has 0 saturated carbocycles. The molecule has 0 aliphatic carbocycles. The summed E-state index contributed by atoms with van der Waals surface area (Å²) in [7, 11) is 0. The highest BCUT2D eigenvalue weighted by atomic mass is 16.6. The van der Waals surface area contributed by atoms with Crippen molar-refractivity contribution in [3.63, 3.8) is 0 Å². The van der Waals surface area contributed by atoms with Gasteiger partial charge in [-0.25, -0.2) is 9.67 Å². The molecule has 1 atom stereocenters. The molecule has 1 aliphatic rings. The second-order valence-electron chi connectivity index (χ2n) is 6.53. The first kappa shape index (κ1) is 16.4. The smallest absolute Gasteiger partial charge is 0.253 e. The lowest BCUT2D eigenvalue weighted by Gasteiger charge is -2.26. The summed E-state index contributed by atoms with van der Waals surface area (Å²) in [6, 6.07) is 9.52. The Kier molecular flexibility index (Phi) is 4.20. The fraction of sp³-hybridized carbons (Fsp3) is 0.316. The van der Waals surface area contributed by atoms with Gasteiger partial charge < -0.3 is 14.8 Å². The van der Waals surface area contributed by atoms with Crippen LogP contribution in [0.4, 0.5) is 0 Å². The highest BCUT2D eigenvalue weighted by Gasteiger charge is 2.21. The average Bonchev–Trinajstić information content (AvgIpc) is 3.09. The van der Waals surface area contributed by atoms with Crippen LogP contribution in [0.3, 0.4) is 0 Å². The molecule has 1 aromatic carbocycles. The zero-order valence-corrected chi connectivity index (χ0v) is 14.7. The lowest BCUT2D eigenvalue weighted by atomic mass is 10.2. The van der Waals surface area contributed by atoms with Crippen molar-refractivity contribution in [3.05, 3.63) is 48.3 Å². The van der Waals surface area contributed by atoms with Gasteiger partial charge in [0, 0.05) is 17.6 Å². The number of aromatic nitrogens is 3. The maximum atomic E-state index is 12.4. The van der Waals surface area contributed by atoms with Crippen molar-refractivity contribution in [2.75, 3.05) is 13.2 Å². The summed E-state index contributed by atoms with van der Waals surface area (Å²) in [5.74, 6) is 1.23. The van der Waals surface area contributed by atoms with Crippen LogP contribution in [0, 0.1) is 0 Å². The van der Waals surface area contributed by atoms with Crippen LogP contribution in [0.1, 0.15) is 30.2 Å². The standard InChI is InChI=1S/C19H20N4O3/c1-12(2)23-18-13(9-22-23)7-14(8-20-18)19(24)21-10-15-11-25-16-5-3-4-6-17(16)26-15/h3-9,12,15H,10-11H2,1-2H3,(H,21,24). The Morgan fingerprint density at radius 2 is 2.12 bits per heavy atom. The van der Waals surface area contributed by atoms with E-state index in [4.69, 9.17) is 9.47 Å². The Hall–Kier alpha value is -3.09. The van der Waals surface area contributed by atoms with E-state index < -0.39 is 0 Å². The number of carbonyl (C=O) groups is 1. The van der Waals surface area contributed by atoms with E-state index in [9.17, 15) is 4.79 Å². The van der Waals surface area contributed by atoms with Gasteiger partial charge in [0.15, 0.2) is 17.1 Å². The van der Waals surface area contributed by atoms with Gasteiger partial charge in [-0.2, -0.15) is 5.10 Å². The van der Waals surface area contributed by atoms with Crippen LogP contribution in [0.5, 0.6) is 11.5 Å². The largest absolute Gasteiger partial charge is 0.486 e. The third-order valence-electron chi connectivity index (χ3n) is 4.24. The maximum Gasteiger partial charge on any atom is 0.253 e. The molecule has 26 heavy (non-hydrogen) atoms. The lowest BCUT2D eigenvalue weighted by molar-refractivity contribution is 0.0789. The van der Waals surface area contributed by atoms with Crippen molar-refractivity contribution in [1.82, 2.24) is 20.1 Å². The molecule has 0 radical (unpaired) electrons. The molecule has 7 heteroatoms. The first-order valence-corrected chi connectivity index (χ1v) is 8.62. The molecule has 4 rings (SSSR count). The molecule has 1 unspecified atom stereocenters. The topological polar surface area (TPSA) is 78.3 Å². The van der Waals surface area contributed by atoms with Gasteiger partial charge in [-0.15, -0.1) is 0 Å². The van der Waals surface area contributed by atoms with Crippen molar-refractivity contribution in [1.29, 1.82) is 0 Å². The number of benzene rings is 1. The minimum atomic E-state index is -0.228. The van der Waals surface area contributed by atoms with Crippen molar-refractivity contribution >= 4 is 16.9 Å². The van der Waals surface area contributed by atoms with Crippen LogP contribution >= 0.6 is 0 Å². The van der Waals surface area contributed by atoms with E-state index in [-0.39, 0.29) is 18.1 Å². The number of pyridine rings is 1. The fourth-order valence-electron chi connectivity index (χ4n) is 2.91. The Balaban J connectivity index is 1.42. The number of fused-ring (bicyclic) bond motifs is 2. The SMILES string of the molecule is CC(C)n1ncc2cc(C(=O)NCC3COc4ccccc4O3)cnc21. The van der Waals surface area contributed by atoms with E-state index in [1.165, 1.54) is 0 Å². The second-order valence-corrected chi connectivity index (χ2v) is 6.53. The van der Waals surface area contributed by atoms with Gasteiger partial charge in [-0.1, -0.05) is 12.1 Å². The highest BCUT2D eigenvalue weighted by Crippen LogP contribution is 2.30. The molecule has 3 aromatic rings. The van der Waals surface area contributed by atoms with Gasteiger partial charge in [0.2, 0.25) is 0 Å². The predicted molar refractivity (Wildman–Crippen MR) is 96.6 cm³/mol. The Labute approximate surface area is 150 Å². The minimum absolute atomic E-state index is 0.195. The summed E-state index contributed by atoms with van der Waals surface area (Å²) < 4.78 is 13.3. The van der Waals surface area contributed by atoms with E-state index in [1.807, 2.05) is 42.8 Å². The molecule has 7 nitrogen and oxygen atoms in total. The number of carbonyl (C=O) groups excluding carboxylic acids is 1. The maximum absolute atomic E-state index is 12.4. The summed E-state index contributed by atoms with van der Waals surface area (Å²) in [4.78, 5) is 16.8. The molecule has 1 amide bonds. The minimum Gasteiger partial charge on any atom is -0.486 e. The highest BCUT2D eigenvalue weighted by molar-refractivity contribution is 5.96. The number of hydrogen-bond acceptors (Lipinski definition) is 5. The summed E-state index contributed by atoms with van der Waals surface area (Å²) in [5.41, 5.74) is 1.27. The molecule has 3 heterocycles. The monoisotopic (exact) mass is 352 g/mol. The number of nitrogens with one attached hydrogen (secondary N) is 1. The summed E-state index contributed by atoms with van der Waals surface area (Å²) in [6.45, 7) is 4.84. The molecule has 1 aliphatic heterocycles. The number of nitrogens with zero attached hydrogens (tertiary/aromatic N) is 3. The Morgan fingerprint density at radius 1 is 1.31 bits per heavy atom. The summed E-state index contributed by atoms with van der Waals surface area (Å²) in [6.07, 6.45) is 3.08. The molecule has 0 bridgehead atoms. The van der Waals surface area contributed by atoms with Gasteiger partial charge in [0.25, 0.3) is 5.91 Å². The van der Waals surface area contributed by atoms with Crippen LogP contribution in [0.15, 0.2) is 42.7 Å². The van der Waals surface area contributed by atoms with E-state index in [0.717, 1.165) is 16.8 Å². The number of ether oxygens (including phenoxy) is 2. The van der Waals surface area contributed by atoms with Crippen molar-refractivity contribution in [2.45, 2.75) is 26.0 Å². The van der Waals surface area contributed by atoms with Crippen LogP contribution in [-0.2, 0) is 0 Å². The normalized spacial score (nSPS) is 16.0. The van der Waals surface area contributed by atoms with E-state index in [1.54, 1.807) is 18.5 Å². The molecule has 134 valence electrons. The summed E-state index contributed by atoms with van der Waals surface area (Å²) >= 11 is 0. The van der Waals surface area contributed by atoms with E-state index in [0.29, 0.717) is 24.5 Å². The number of para-hydroxylation sites is 2. The predicted octanol–water partition coefficient (Wildman–Crippen LogP) is 2.58. The van der Waals surface area contributed by atoms with Crippen molar-refractivity contribution in [3.8, 4) is 11.5 Å². The zero-order chi connectivity index (χ0) is 18.1. The molecule has 0 spiro atoms. The first-order chi connectivity index (χ1) is 12.6. The molecular formula is C19H20N4O3. The van der Waals surface area contributed by atoms with Gasteiger partial charge >= 0.3 is 0 Å². The van der Waals surface area contributed by atoms with Gasteiger partial charge in [-0.3, -0.25) is 4.79 Å². The molecule has 1 N–H and O–H groups in total. The number of rotatable bonds is 4. The van der Waals surface area contributed by atoms with Crippen LogP contribution in [-0.4, -0.2) is 39.9 Å². The number of hydrogen-bond donors (Lipinski definition) is 1. The first-order valence-electron chi connectivity index (χ1n) is 8.62.